The van der Waals surface area contributed by atoms with E-state index in [0.29, 0.717) is 6.08 Å². The van der Waals surface area contributed by atoms with Gasteiger partial charge in [0.25, 0.3) is 0 Å². The van der Waals surface area contributed by atoms with Gasteiger partial charge in [0.05, 0.1) is 5.57 Å². The standard InChI is InChI=1S/C17H14O6/c18-13-7-3-1-5-10(13)16(11-6-2-4-8-14(11)19)12(17(22)23)9-15(20)21/h1-9,16,18-19H,(H,20,21)(H,22,23). The van der Waals surface area contributed by atoms with E-state index in [0.717, 1.165) is 0 Å². The molecule has 4 N–H and O–H groups in total. The van der Waals surface area contributed by atoms with Gasteiger partial charge in [0.1, 0.15) is 11.5 Å². The minimum atomic E-state index is -1.45. The molecule has 0 saturated heterocycles. The Morgan fingerprint density at radius 3 is 1.61 bits per heavy atom. The Bertz CT molecular complexity index is 733. The maximum atomic E-state index is 11.6. The van der Waals surface area contributed by atoms with Crippen molar-refractivity contribution >= 4 is 11.9 Å². The molecule has 0 atom stereocenters. The van der Waals surface area contributed by atoms with Crippen LogP contribution in [0.4, 0.5) is 0 Å². The molecule has 0 aliphatic carbocycles. The number of aliphatic carboxylic acids is 2. The lowest BCUT2D eigenvalue weighted by Crippen LogP contribution is -2.15. The van der Waals surface area contributed by atoms with Crippen LogP contribution in [-0.2, 0) is 9.59 Å². The first-order valence-corrected chi connectivity index (χ1v) is 6.65. The molecule has 0 aliphatic heterocycles. The van der Waals surface area contributed by atoms with Gasteiger partial charge < -0.3 is 20.4 Å². The smallest absolute Gasteiger partial charge is 0.332 e. The predicted molar refractivity (Wildman–Crippen MR) is 81.4 cm³/mol. The van der Waals surface area contributed by atoms with Crippen molar-refractivity contribution in [3.05, 3.63) is 71.3 Å². The topological polar surface area (TPSA) is 115 Å². The van der Waals surface area contributed by atoms with Crippen LogP contribution in [0.3, 0.4) is 0 Å². The van der Waals surface area contributed by atoms with Gasteiger partial charge in [-0.25, -0.2) is 9.59 Å². The fraction of sp³-hybridized carbons (Fsp3) is 0.0588. The molecule has 0 radical (unpaired) electrons. The zero-order valence-electron chi connectivity index (χ0n) is 11.9. The van der Waals surface area contributed by atoms with Crippen molar-refractivity contribution in [3.63, 3.8) is 0 Å². The van der Waals surface area contributed by atoms with E-state index in [-0.39, 0.29) is 22.6 Å². The predicted octanol–water partition coefficient (Wildman–Crippen LogP) is 2.33. The summed E-state index contributed by atoms with van der Waals surface area (Å²) >= 11 is 0. The van der Waals surface area contributed by atoms with Gasteiger partial charge in [0.15, 0.2) is 0 Å². The Labute approximate surface area is 131 Å². The summed E-state index contributed by atoms with van der Waals surface area (Å²) in [7, 11) is 0. The highest BCUT2D eigenvalue weighted by Gasteiger charge is 2.29. The van der Waals surface area contributed by atoms with E-state index in [1.165, 1.54) is 24.3 Å². The van der Waals surface area contributed by atoms with E-state index in [1.54, 1.807) is 24.3 Å². The summed E-state index contributed by atoms with van der Waals surface area (Å²) in [6, 6.07) is 12.0. The van der Waals surface area contributed by atoms with Crippen LogP contribution in [0.2, 0.25) is 0 Å². The summed E-state index contributed by atoms with van der Waals surface area (Å²) in [5.41, 5.74) is -0.103. The van der Waals surface area contributed by atoms with E-state index in [1.807, 2.05) is 0 Å². The van der Waals surface area contributed by atoms with E-state index >= 15 is 0 Å². The second-order valence-electron chi connectivity index (χ2n) is 4.79. The van der Waals surface area contributed by atoms with Gasteiger partial charge in [-0.15, -0.1) is 0 Å². The molecule has 118 valence electrons. The maximum Gasteiger partial charge on any atom is 0.332 e. The molecule has 2 aromatic rings. The molecular weight excluding hydrogens is 300 g/mol. The molecule has 0 unspecified atom stereocenters. The highest BCUT2D eigenvalue weighted by molar-refractivity contribution is 5.97. The van der Waals surface area contributed by atoms with Crippen LogP contribution in [0.15, 0.2) is 60.2 Å². The number of para-hydroxylation sites is 2. The fourth-order valence-electron chi connectivity index (χ4n) is 2.37. The summed E-state index contributed by atoms with van der Waals surface area (Å²) in [6.07, 6.45) is 0.561. The van der Waals surface area contributed by atoms with Crippen molar-refractivity contribution in [1.82, 2.24) is 0 Å². The molecule has 0 bridgehead atoms. The molecule has 2 rings (SSSR count). The van der Waals surface area contributed by atoms with E-state index in [2.05, 4.69) is 0 Å². The number of aromatic hydroxyl groups is 2. The lowest BCUT2D eigenvalue weighted by molar-refractivity contribution is -0.135. The Kier molecular flexibility index (Phi) is 4.66. The van der Waals surface area contributed by atoms with E-state index in [4.69, 9.17) is 5.11 Å². The van der Waals surface area contributed by atoms with Gasteiger partial charge in [-0.3, -0.25) is 0 Å². The number of carboxylic acids is 2. The lowest BCUT2D eigenvalue weighted by atomic mass is 9.83. The summed E-state index contributed by atoms with van der Waals surface area (Å²) in [6.45, 7) is 0. The summed E-state index contributed by atoms with van der Waals surface area (Å²) in [4.78, 5) is 22.5. The third-order valence-electron chi connectivity index (χ3n) is 3.33. The van der Waals surface area contributed by atoms with Crippen LogP contribution in [0.1, 0.15) is 17.0 Å². The number of hydrogen-bond acceptors (Lipinski definition) is 4. The van der Waals surface area contributed by atoms with Gasteiger partial charge in [0, 0.05) is 23.1 Å². The quantitative estimate of drug-likeness (QED) is 0.630. The minimum absolute atomic E-state index is 0.184. The van der Waals surface area contributed by atoms with E-state index in [9.17, 15) is 24.9 Å². The first kappa shape index (κ1) is 16.1. The molecule has 6 nitrogen and oxygen atoms in total. The monoisotopic (exact) mass is 314 g/mol. The third kappa shape index (κ3) is 3.49. The van der Waals surface area contributed by atoms with Crippen molar-refractivity contribution in [2.24, 2.45) is 0 Å². The molecule has 0 aromatic heterocycles. The molecule has 0 aliphatic rings. The number of phenols is 2. The van der Waals surface area contributed by atoms with Crippen molar-refractivity contribution in [3.8, 4) is 11.5 Å². The van der Waals surface area contributed by atoms with Crippen LogP contribution in [0.25, 0.3) is 0 Å². The van der Waals surface area contributed by atoms with Crippen molar-refractivity contribution in [1.29, 1.82) is 0 Å². The van der Waals surface area contributed by atoms with Gasteiger partial charge in [-0.2, -0.15) is 0 Å². The normalized spacial score (nSPS) is 11.4. The fourth-order valence-corrected chi connectivity index (χ4v) is 2.37. The first-order valence-electron chi connectivity index (χ1n) is 6.65. The van der Waals surface area contributed by atoms with Crippen LogP contribution in [0, 0.1) is 0 Å². The largest absolute Gasteiger partial charge is 0.508 e. The Hall–Kier alpha value is -3.28. The highest BCUT2D eigenvalue weighted by Crippen LogP contribution is 2.40. The lowest BCUT2D eigenvalue weighted by Gasteiger charge is -2.20. The van der Waals surface area contributed by atoms with Gasteiger partial charge in [-0.05, 0) is 12.1 Å². The molecule has 0 amide bonds. The molecule has 0 heterocycles. The number of carboxylic acid groups (broad SMARTS) is 2. The zero-order chi connectivity index (χ0) is 17.0. The van der Waals surface area contributed by atoms with Gasteiger partial charge >= 0.3 is 11.9 Å². The number of hydrogen-bond donors (Lipinski definition) is 4. The van der Waals surface area contributed by atoms with Crippen LogP contribution >= 0.6 is 0 Å². The highest BCUT2D eigenvalue weighted by atomic mass is 16.4. The first-order chi connectivity index (χ1) is 10.9. The van der Waals surface area contributed by atoms with Gasteiger partial charge in [0.2, 0.25) is 0 Å². The molecule has 0 saturated carbocycles. The number of rotatable bonds is 5. The molecule has 6 heteroatoms. The summed E-state index contributed by atoms with van der Waals surface area (Å²) in [5.74, 6) is -4.41. The van der Waals surface area contributed by atoms with Crippen molar-refractivity contribution in [2.45, 2.75) is 5.92 Å². The molecule has 0 fully saturated rings. The molecule has 2 aromatic carbocycles. The zero-order valence-corrected chi connectivity index (χ0v) is 11.9. The summed E-state index contributed by atoms with van der Waals surface area (Å²) in [5, 5.41) is 38.4. The number of carbonyl (C=O) groups is 2. The Balaban J connectivity index is 2.75. The minimum Gasteiger partial charge on any atom is -0.508 e. The third-order valence-corrected chi connectivity index (χ3v) is 3.33. The van der Waals surface area contributed by atoms with Crippen molar-refractivity contribution in [2.75, 3.05) is 0 Å². The Morgan fingerprint density at radius 1 is 0.826 bits per heavy atom. The van der Waals surface area contributed by atoms with Crippen molar-refractivity contribution < 1.29 is 30.0 Å². The van der Waals surface area contributed by atoms with E-state index < -0.39 is 23.4 Å². The second-order valence-corrected chi connectivity index (χ2v) is 4.79. The number of benzene rings is 2. The Morgan fingerprint density at radius 2 is 1.26 bits per heavy atom. The second kappa shape index (κ2) is 6.65. The molecule has 0 spiro atoms. The average Bonchev–Trinajstić information content (AvgIpc) is 2.49. The van der Waals surface area contributed by atoms with Crippen LogP contribution in [-0.4, -0.2) is 32.4 Å². The van der Waals surface area contributed by atoms with Crippen LogP contribution < -0.4 is 0 Å². The average molecular weight is 314 g/mol. The SMILES string of the molecule is O=C(O)C=C(C(=O)O)C(c1ccccc1O)c1ccccc1O. The summed E-state index contributed by atoms with van der Waals surface area (Å²) < 4.78 is 0. The van der Waals surface area contributed by atoms with Gasteiger partial charge in [-0.1, -0.05) is 36.4 Å². The molecular formula is C17H14O6. The maximum absolute atomic E-state index is 11.6. The van der Waals surface area contributed by atoms with Crippen LogP contribution in [0.5, 0.6) is 11.5 Å². The molecule has 23 heavy (non-hydrogen) atoms. The number of phenolic OH excluding ortho intramolecular Hbond substituents is 2.